The van der Waals surface area contributed by atoms with Gasteiger partial charge in [0.05, 0.1) is 4.90 Å². The minimum Gasteiger partial charge on any atom is -0.207 e. The van der Waals surface area contributed by atoms with Crippen molar-refractivity contribution in [2.24, 2.45) is 0 Å². The fraction of sp³-hybridized carbons (Fsp3) is 0.455. The maximum Gasteiger partial charge on any atom is 0.243 e. The Morgan fingerprint density at radius 3 is 2.20 bits per heavy atom. The zero-order valence-corrected chi connectivity index (χ0v) is 10.00. The second-order valence-corrected chi connectivity index (χ2v) is 5.25. The summed E-state index contributed by atoms with van der Waals surface area (Å²) >= 11 is 0. The van der Waals surface area contributed by atoms with Gasteiger partial charge in [0.15, 0.2) is 0 Å². The molecule has 0 saturated carbocycles. The van der Waals surface area contributed by atoms with E-state index in [1.165, 1.54) is 4.31 Å². The van der Waals surface area contributed by atoms with Gasteiger partial charge in [-0.25, -0.2) is 8.42 Å². The molecule has 84 valence electrons. The van der Waals surface area contributed by atoms with Gasteiger partial charge in [-0.1, -0.05) is 32.0 Å². The van der Waals surface area contributed by atoms with Crippen molar-refractivity contribution in [1.29, 1.82) is 0 Å². The maximum atomic E-state index is 12.1. The summed E-state index contributed by atoms with van der Waals surface area (Å²) < 4.78 is 25.7. The topological polar surface area (TPSA) is 37.4 Å². The molecule has 0 spiro atoms. The van der Waals surface area contributed by atoms with Crippen molar-refractivity contribution in [2.45, 2.75) is 25.2 Å². The van der Waals surface area contributed by atoms with Crippen LogP contribution < -0.4 is 0 Å². The summed E-state index contributed by atoms with van der Waals surface area (Å²) in [6.07, 6.45) is 0.833. The van der Waals surface area contributed by atoms with Crippen LogP contribution in [0.2, 0.25) is 0 Å². The van der Waals surface area contributed by atoms with E-state index in [0.29, 0.717) is 18.0 Å². The van der Waals surface area contributed by atoms with Gasteiger partial charge in [-0.2, -0.15) is 4.31 Å². The molecule has 0 bridgehead atoms. The SMILES string of the molecule is CCCN(CC)S(=O)(=O)c1ccccc1. The molecule has 0 unspecified atom stereocenters. The summed E-state index contributed by atoms with van der Waals surface area (Å²) in [4.78, 5) is 0.375. The van der Waals surface area contributed by atoms with Crippen LogP contribution in [-0.2, 0) is 10.0 Å². The van der Waals surface area contributed by atoms with Crippen LogP contribution in [0.25, 0.3) is 0 Å². The lowest BCUT2D eigenvalue weighted by atomic mass is 10.4. The molecule has 0 aromatic heterocycles. The smallest absolute Gasteiger partial charge is 0.207 e. The lowest BCUT2D eigenvalue weighted by Crippen LogP contribution is -2.31. The van der Waals surface area contributed by atoms with E-state index in [4.69, 9.17) is 0 Å². The van der Waals surface area contributed by atoms with Crippen LogP contribution in [0.4, 0.5) is 0 Å². The molecule has 0 atom stereocenters. The Balaban J connectivity index is 3.01. The van der Waals surface area contributed by atoms with Crippen LogP contribution in [0.15, 0.2) is 35.2 Å². The Kier molecular flexibility index (Phi) is 4.29. The molecular formula is C11H17NO2S. The van der Waals surface area contributed by atoms with Crippen LogP contribution in [-0.4, -0.2) is 25.8 Å². The van der Waals surface area contributed by atoms with Crippen LogP contribution in [0.3, 0.4) is 0 Å². The molecule has 0 heterocycles. The lowest BCUT2D eigenvalue weighted by molar-refractivity contribution is 0.427. The van der Waals surface area contributed by atoms with E-state index < -0.39 is 10.0 Å². The minimum absolute atomic E-state index is 0.375. The maximum absolute atomic E-state index is 12.1. The molecule has 1 rings (SSSR count). The second kappa shape index (κ2) is 5.28. The molecule has 0 aliphatic heterocycles. The molecule has 4 heteroatoms. The Morgan fingerprint density at radius 1 is 1.13 bits per heavy atom. The molecule has 15 heavy (non-hydrogen) atoms. The van der Waals surface area contributed by atoms with E-state index in [-0.39, 0.29) is 0 Å². The van der Waals surface area contributed by atoms with Gasteiger partial charge in [0.2, 0.25) is 10.0 Å². The number of rotatable bonds is 5. The summed E-state index contributed by atoms with van der Waals surface area (Å²) in [7, 11) is -3.28. The van der Waals surface area contributed by atoms with Crippen LogP contribution in [0, 0.1) is 0 Å². The van der Waals surface area contributed by atoms with Crippen molar-refractivity contribution in [2.75, 3.05) is 13.1 Å². The predicted octanol–water partition coefficient (Wildman–Crippen LogP) is 2.11. The quantitative estimate of drug-likeness (QED) is 0.772. The first kappa shape index (κ1) is 12.2. The zero-order chi connectivity index (χ0) is 11.3. The van der Waals surface area contributed by atoms with Crippen LogP contribution >= 0.6 is 0 Å². The number of benzene rings is 1. The van der Waals surface area contributed by atoms with Gasteiger partial charge >= 0.3 is 0 Å². The average Bonchev–Trinajstić information content (AvgIpc) is 2.27. The fourth-order valence-corrected chi connectivity index (χ4v) is 3.00. The van der Waals surface area contributed by atoms with Crippen LogP contribution in [0.1, 0.15) is 20.3 Å². The van der Waals surface area contributed by atoms with E-state index in [1.54, 1.807) is 24.3 Å². The lowest BCUT2D eigenvalue weighted by Gasteiger charge is -2.19. The minimum atomic E-state index is -3.28. The van der Waals surface area contributed by atoms with Crippen molar-refractivity contribution >= 4 is 10.0 Å². The van der Waals surface area contributed by atoms with Crippen LogP contribution in [0.5, 0.6) is 0 Å². The third kappa shape index (κ3) is 2.79. The molecule has 0 saturated heterocycles. The van der Waals surface area contributed by atoms with E-state index in [2.05, 4.69) is 0 Å². The molecule has 0 N–H and O–H groups in total. The van der Waals surface area contributed by atoms with Crippen molar-refractivity contribution in [1.82, 2.24) is 4.31 Å². The van der Waals surface area contributed by atoms with Crippen molar-refractivity contribution in [3.8, 4) is 0 Å². The van der Waals surface area contributed by atoms with Gasteiger partial charge in [-0.15, -0.1) is 0 Å². The molecule has 0 radical (unpaired) electrons. The standard InChI is InChI=1S/C11H17NO2S/c1-3-10-12(4-2)15(13,14)11-8-6-5-7-9-11/h5-9H,3-4,10H2,1-2H3. The van der Waals surface area contributed by atoms with E-state index >= 15 is 0 Å². The van der Waals surface area contributed by atoms with Gasteiger partial charge in [0.25, 0.3) is 0 Å². The van der Waals surface area contributed by atoms with Gasteiger partial charge in [-0.05, 0) is 18.6 Å². The molecule has 1 aromatic rings. The molecule has 0 fully saturated rings. The highest BCUT2D eigenvalue weighted by Gasteiger charge is 2.21. The molecular weight excluding hydrogens is 210 g/mol. The summed E-state index contributed by atoms with van der Waals surface area (Å²) in [5.41, 5.74) is 0. The second-order valence-electron chi connectivity index (χ2n) is 3.31. The third-order valence-corrected chi connectivity index (χ3v) is 4.20. The number of nitrogens with zero attached hydrogens (tertiary/aromatic N) is 1. The summed E-state index contributed by atoms with van der Waals surface area (Å²) in [6.45, 7) is 4.93. The zero-order valence-electron chi connectivity index (χ0n) is 9.18. The first-order valence-electron chi connectivity index (χ1n) is 5.18. The largest absolute Gasteiger partial charge is 0.243 e. The van der Waals surface area contributed by atoms with E-state index in [9.17, 15) is 8.42 Å². The number of hydrogen-bond donors (Lipinski definition) is 0. The fourth-order valence-electron chi connectivity index (χ4n) is 1.44. The Hall–Kier alpha value is -0.870. The summed E-state index contributed by atoms with van der Waals surface area (Å²) in [5, 5.41) is 0. The van der Waals surface area contributed by atoms with Crippen molar-refractivity contribution in [3.05, 3.63) is 30.3 Å². The van der Waals surface area contributed by atoms with Gasteiger partial charge < -0.3 is 0 Å². The molecule has 3 nitrogen and oxygen atoms in total. The number of sulfonamides is 1. The molecule has 0 aliphatic carbocycles. The summed E-state index contributed by atoms with van der Waals surface area (Å²) in [6, 6.07) is 8.57. The predicted molar refractivity (Wildman–Crippen MR) is 61.2 cm³/mol. The first-order chi connectivity index (χ1) is 7.12. The Labute approximate surface area is 91.8 Å². The van der Waals surface area contributed by atoms with E-state index in [1.807, 2.05) is 19.9 Å². The van der Waals surface area contributed by atoms with Gasteiger partial charge in [-0.3, -0.25) is 0 Å². The van der Waals surface area contributed by atoms with Crippen molar-refractivity contribution in [3.63, 3.8) is 0 Å². The Bertz CT molecular complexity index is 386. The van der Waals surface area contributed by atoms with Gasteiger partial charge in [0.1, 0.15) is 0 Å². The van der Waals surface area contributed by atoms with Crippen molar-refractivity contribution < 1.29 is 8.42 Å². The highest BCUT2D eigenvalue weighted by Crippen LogP contribution is 2.14. The molecule has 0 aliphatic rings. The first-order valence-corrected chi connectivity index (χ1v) is 6.62. The highest BCUT2D eigenvalue weighted by molar-refractivity contribution is 7.89. The normalized spacial score (nSPS) is 11.9. The average molecular weight is 227 g/mol. The monoisotopic (exact) mass is 227 g/mol. The summed E-state index contributed by atoms with van der Waals surface area (Å²) in [5.74, 6) is 0. The molecule has 0 amide bonds. The Morgan fingerprint density at radius 2 is 1.73 bits per heavy atom. The number of hydrogen-bond acceptors (Lipinski definition) is 2. The molecule has 1 aromatic carbocycles. The van der Waals surface area contributed by atoms with Gasteiger partial charge in [0, 0.05) is 13.1 Å². The van der Waals surface area contributed by atoms with E-state index in [0.717, 1.165) is 6.42 Å². The third-order valence-electron chi connectivity index (χ3n) is 2.21. The highest BCUT2D eigenvalue weighted by atomic mass is 32.2.